The largest absolute Gasteiger partial charge is 0.348 e. The first kappa shape index (κ1) is 21.9. The number of hydrogen-bond donors (Lipinski definition) is 1. The number of amides is 1. The second-order valence-electron chi connectivity index (χ2n) is 7.35. The minimum atomic E-state index is -0.658. The summed E-state index contributed by atoms with van der Waals surface area (Å²) in [5.41, 5.74) is 0.363. The van der Waals surface area contributed by atoms with Crippen LogP contribution in [0.2, 0.25) is 10.0 Å². The second-order valence-corrected chi connectivity index (χ2v) is 8.22. The number of carbonyl (C=O) groups is 1. The Morgan fingerprint density at radius 1 is 0.938 bits per heavy atom. The lowest BCUT2D eigenvalue weighted by Crippen LogP contribution is -2.42. The van der Waals surface area contributed by atoms with Crippen LogP contribution in [0.15, 0.2) is 82.4 Å². The van der Waals surface area contributed by atoms with E-state index in [1.807, 2.05) is 37.3 Å². The van der Waals surface area contributed by atoms with Gasteiger partial charge in [-0.25, -0.2) is 9.36 Å². The molecule has 1 aromatic heterocycles. The lowest BCUT2D eigenvalue weighted by Gasteiger charge is -2.17. The highest BCUT2D eigenvalue weighted by Gasteiger charge is 2.18. The summed E-state index contributed by atoms with van der Waals surface area (Å²) in [6.45, 7) is 1.57. The Balaban J connectivity index is 1.81. The molecule has 0 radical (unpaired) electrons. The first-order chi connectivity index (χ1) is 15.3. The highest BCUT2D eigenvalue weighted by molar-refractivity contribution is 6.31. The Labute approximate surface area is 193 Å². The molecular formula is C24H19Cl2N3O3. The zero-order valence-corrected chi connectivity index (χ0v) is 18.6. The summed E-state index contributed by atoms with van der Waals surface area (Å²) in [6, 6.07) is 20.3. The van der Waals surface area contributed by atoms with Gasteiger partial charge in [-0.05, 0) is 48.9 Å². The summed E-state index contributed by atoms with van der Waals surface area (Å²) in [5, 5.41) is 3.89. The number of carbonyl (C=O) groups excluding carboxylic acids is 1. The molecule has 162 valence electrons. The lowest BCUT2D eigenvalue weighted by atomic mass is 10.1. The topological polar surface area (TPSA) is 73.1 Å². The zero-order valence-electron chi connectivity index (χ0n) is 17.1. The molecule has 0 unspecified atom stereocenters. The molecule has 0 aliphatic rings. The number of aromatic nitrogens is 2. The maximum Gasteiger partial charge on any atom is 0.336 e. The van der Waals surface area contributed by atoms with Crippen molar-refractivity contribution in [2.45, 2.75) is 19.5 Å². The summed E-state index contributed by atoms with van der Waals surface area (Å²) < 4.78 is 2.26. The van der Waals surface area contributed by atoms with Crippen molar-refractivity contribution in [1.29, 1.82) is 0 Å². The first-order valence-corrected chi connectivity index (χ1v) is 10.7. The molecule has 0 aliphatic heterocycles. The van der Waals surface area contributed by atoms with Crippen molar-refractivity contribution in [3.05, 3.63) is 109 Å². The third-order valence-corrected chi connectivity index (χ3v) is 5.62. The first-order valence-electron chi connectivity index (χ1n) is 9.90. The van der Waals surface area contributed by atoms with Crippen LogP contribution in [0.25, 0.3) is 16.6 Å². The van der Waals surface area contributed by atoms with Crippen LogP contribution in [0.4, 0.5) is 0 Å². The van der Waals surface area contributed by atoms with Gasteiger partial charge in [-0.3, -0.25) is 14.2 Å². The molecule has 1 atom stereocenters. The quantitative estimate of drug-likeness (QED) is 0.474. The summed E-state index contributed by atoms with van der Waals surface area (Å²) in [5.74, 6) is -0.374. The minimum Gasteiger partial charge on any atom is -0.348 e. The predicted octanol–water partition coefficient (Wildman–Crippen LogP) is 4.34. The fourth-order valence-corrected chi connectivity index (χ4v) is 3.94. The summed E-state index contributed by atoms with van der Waals surface area (Å²) in [4.78, 5) is 39.4. The van der Waals surface area contributed by atoms with Crippen molar-refractivity contribution < 1.29 is 4.79 Å². The Kier molecular flexibility index (Phi) is 6.17. The molecule has 0 saturated carbocycles. The van der Waals surface area contributed by atoms with Crippen molar-refractivity contribution in [2.24, 2.45) is 0 Å². The smallest absolute Gasteiger partial charge is 0.336 e. The summed E-state index contributed by atoms with van der Waals surface area (Å²) in [6.07, 6.45) is 0. The third-order valence-electron chi connectivity index (χ3n) is 5.15. The van der Waals surface area contributed by atoms with Gasteiger partial charge >= 0.3 is 5.69 Å². The van der Waals surface area contributed by atoms with Crippen LogP contribution in [0, 0.1) is 0 Å². The summed E-state index contributed by atoms with van der Waals surface area (Å²) in [7, 11) is 0. The van der Waals surface area contributed by atoms with Crippen LogP contribution in [-0.2, 0) is 11.3 Å². The molecule has 0 spiro atoms. The normalized spacial score (nSPS) is 12.0. The van der Waals surface area contributed by atoms with Gasteiger partial charge in [0, 0.05) is 10.0 Å². The fraction of sp³-hybridized carbons (Fsp3) is 0.125. The van der Waals surface area contributed by atoms with Gasteiger partial charge in [0.15, 0.2) is 0 Å². The van der Waals surface area contributed by atoms with Gasteiger partial charge in [-0.2, -0.15) is 0 Å². The number of fused-ring (bicyclic) bond motifs is 1. The molecule has 0 saturated heterocycles. The van der Waals surface area contributed by atoms with Gasteiger partial charge in [0.2, 0.25) is 5.91 Å². The van der Waals surface area contributed by atoms with Crippen molar-refractivity contribution in [2.75, 3.05) is 0 Å². The van der Waals surface area contributed by atoms with E-state index in [1.165, 1.54) is 16.7 Å². The highest BCUT2D eigenvalue weighted by Crippen LogP contribution is 2.18. The monoisotopic (exact) mass is 467 g/mol. The predicted molar refractivity (Wildman–Crippen MR) is 127 cm³/mol. The molecule has 0 bridgehead atoms. The minimum absolute atomic E-state index is 0.256. The van der Waals surface area contributed by atoms with Crippen LogP contribution >= 0.6 is 23.2 Å². The average Bonchev–Trinajstić information content (AvgIpc) is 2.77. The van der Waals surface area contributed by atoms with E-state index in [0.29, 0.717) is 15.7 Å². The SMILES string of the molecule is C[C@@H](NC(=O)Cn1c(=O)n(-c2cccc(Cl)c2)c(=O)c2ccc(Cl)cc21)c1ccccc1. The van der Waals surface area contributed by atoms with Gasteiger partial charge < -0.3 is 5.32 Å². The maximum absolute atomic E-state index is 13.4. The van der Waals surface area contributed by atoms with E-state index < -0.39 is 11.2 Å². The summed E-state index contributed by atoms with van der Waals surface area (Å²) >= 11 is 12.2. The van der Waals surface area contributed by atoms with E-state index in [2.05, 4.69) is 5.32 Å². The Morgan fingerprint density at radius 2 is 1.66 bits per heavy atom. The molecule has 3 aromatic carbocycles. The number of hydrogen-bond acceptors (Lipinski definition) is 3. The Hall–Kier alpha value is -3.35. The van der Waals surface area contributed by atoms with E-state index in [0.717, 1.165) is 10.1 Å². The van der Waals surface area contributed by atoms with Crippen LogP contribution < -0.4 is 16.6 Å². The molecule has 4 rings (SSSR count). The van der Waals surface area contributed by atoms with Gasteiger partial charge in [-0.15, -0.1) is 0 Å². The number of benzene rings is 3. The molecule has 0 aliphatic carbocycles. The average molecular weight is 468 g/mol. The van der Waals surface area contributed by atoms with Crippen molar-refractivity contribution >= 4 is 40.0 Å². The van der Waals surface area contributed by atoms with E-state index in [4.69, 9.17) is 23.2 Å². The molecule has 8 heteroatoms. The number of nitrogens with one attached hydrogen (secondary N) is 1. The third kappa shape index (κ3) is 4.33. The Bertz CT molecular complexity index is 1430. The van der Waals surface area contributed by atoms with Crippen molar-refractivity contribution in [3.63, 3.8) is 0 Å². The van der Waals surface area contributed by atoms with Crippen LogP contribution in [0.3, 0.4) is 0 Å². The number of rotatable bonds is 5. The van der Waals surface area contributed by atoms with Gasteiger partial charge in [0.05, 0.1) is 22.6 Å². The Morgan fingerprint density at radius 3 is 2.38 bits per heavy atom. The fourth-order valence-electron chi connectivity index (χ4n) is 3.59. The van der Waals surface area contributed by atoms with Crippen LogP contribution in [0.5, 0.6) is 0 Å². The molecular weight excluding hydrogens is 449 g/mol. The molecule has 0 fully saturated rings. The van der Waals surface area contributed by atoms with E-state index in [-0.39, 0.29) is 29.4 Å². The van der Waals surface area contributed by atoms with Gasteiger partial charge in [-0.1, -0.05) is 59.6 Å². The van der Waals surface area contributed by atoms with Crippen molar-refractivity contribution in [3.8, 4) is 5.69 Å². The van der Waals surface area contributed by atoms with Crippen molar-refractivity contribution in [1.82, 2.24) is 14.5 Å². The van der Waals surface area contributed by atoms with E-state index >= 15 is 0 Å². The van der Waals surface area contributed by atoms with Gasteiger partial charge in [0.25, 0.3) is 5.56 Å². The van der Waals surface area contributed by atoms with Gasteiger partial charge in [0.1, 0.15) is 6.54 Å². The number of halogens is 2. The standard InChI is InChI=1S/C24H19Cl2N3O3/c1-15(16-6-3-2-4-7-16)27-22(30)14-28-21-13-18(26)10-11-20(21)23(31)29(24(28)32)19-9-5-8-17(25)12-19/h2-13,15H,14H2,1H3,(H,27,30)/t15-/m1/s1. The van der Waals surface area contributed by atoms with E-state index in [9.17, 15) is 14.4 Å². The molecule has 4 aromatic rings. The highest BCUT2D eigenvalue weighted by atomic mass is 35.5. The lowest BCUT2D eigenvalue weighted by molar-refractivity contribution is -0.122. The molecule has 32 heavy (non-hydrogen) atoms. The van der Waals surface area contributed by atoms with Crippen LogP contribution in [0.1, 0.15) is 18.5 Å². The molecule has 1 N–H and O–H groups in total. The maximum atomic E-state index is 13.4. The molecule has 1 amide bonds. The number of nitrogens with zero attached hydrogens (tertiary/aromatic N) is 2. The second kappa shape index (κ2) is 9.02. The van der Waals surface area contributed by atoms with Crippen LogP contribution in [-0.4, -0.2) is 15.0 Å². The molecule has 1 heterocycles. The van der Waals surface area contributed by atoms with E-state index in [1.54, 1.807) is 30.3 Å². The zero-order chi connectivity index (χ0) is 22.8. The molecule has 6 nitrogen and oxygen atoms in total.